The van der Waals surface area contributed by atoms with Crippen LogP contribution in [0.25, 0.3) is 11.3 Å². The van der Waals surface area contributed by atoms with Gasteiger partial charge >= 0.3 is 0 Å². The third-order valence-corrected chi connectivity index (χ3v) is 4.66. The lowest BCUT2D eigenvalue weighted by Gasteiger charge is -2.03. The highest BCUT2D eigenvalue weighted by Gasteiger charge is 2.10. The zero-order chi connectivity index (χ0) is 16.1. The third kappa shape index (κ3) is 4.07. The fourth-order valence-corrected chi connectivity index (χ4v) is 3.39. The molecule has 2 aromatic carbocycles. The van der Waals surface area contributed by atoms with Crippen molar-refractivity contribution >= 4 is 10.8 Å². The van der Waals surface area contributed by atoms with Crippen molar-refractivity contribution in [3.05, 3.63) is 72.0 Å². The van der Waals surface area contributed by atoms with E-state index in [9.17, 15) is 4.21 Å². The molecule has 0 N–H and O–H groups in total. The third-order valence-electron chi connectivity index (χ3n) is 3.39. The van der Waals surface area contributed by atoms with E-state index in [1.54, 1.807) is 7.11 Å². The van der Waals surface area contributed by atoms with Crippen LogP contribution in [0, 0.1) is 0 Å². The van der Waals surface area contributed by atoms with E-state index in [4.69, 9.17) is 9.26 Å². The Labute approximate surface area is 137 Å². The summed E-state index contributed by atoms with van der Waals surface area (Å²) >= 11 is 0. The zero-order valence-corrected chi connectivity index (χ0v) is 13.6. The molecule has 0 bridgehead atoms. The molecule has 0 aliphatic heterocycles. The van der Waals surface area contributed by atoms with Gasteiger partial charge in [-0.1, -0.05) is 47.6 Å². The molecule has 0 unspecified atom stereocenters. The molecule has 4 nitrogen and oxygen atoms in total. The van der Waals surface area contributed by atoms with Crippen molar-refractivity contribution < 1.29 is 13.5 Å². The van der Waals surface area contributed by atoms with Gasteiger partial charge in [0.2, 0.25) is 0 Å². The van der Waals surface area contributed by atoms with Crippen LogP contribution in [0.1, 0.15) is 11.3 Å². The molecule has 0 saturated carbocycles. The van der Waals surface area contributed by atoms with Gasteiger partial charge in [-0.15, -0.1) is 0 Å². The van der Waals surface area contributed by atoms with Gasteiger partial charge in [0.25, 0.3) is 0 Å². The standard InChI is InChI=1S/C18H17NO3S/c1-21-16-9-5-6-14(10-16)12-23(20)13-17-11-18(19-22-17)15-7-3-2-4-8-15/h2-11H,12-13H2,1H3/t23-/m0/s1. The van der Waals surface area contributed by atoms with Gasteiger partial charge in [-0.3, -0.25) is 4.21 Å². The first-order valence-corrected chi connectivity index (χ1v) is 8.72. The topological polar surface area (TPSA) is 52.3 Å². The van der Waals surface area contributed by atoms with Crippen molar-refractivity contribution in [1.82, 2.24) is 5.16 Å². The minimum atomic E-state index is -1.06. The van der Waals surface area contributed by atoms with Gasteiger partial charge in [0.05, 0.1) is 12.9 Å². The van der Waals surface area contributed by atoms with E-state index in [0.717, 1.165) is 22.6 Å². The summed E-state index contributed by atoms with van der Waals surface area (Å²) < 4.78 is 22.8. The summed E-state index contributed by atoms with van der Waals surface area (Å²) in [6.07, 6.45) is 0. The predicted octanol–water partition coefficient (Wildman–Crippen LogP) is 3.80. The van der Waals surface area contributed by atoms with Gasteiger partial charge in [0.1, 0.15) is 17.2 Å². The lowest BCUT2D eigenvalue weighted by molar-refractivity contribution is 0.396. The monoisotopic (exact) mass is 327 g/mol. The second kappa shape index (κ2) is 7.24. The Morgan fingerprint density at radius 3 is 2.65 bits per heavy atom. The van der Waals surface area contributed by atoms with Crippen molar-refractivity contribution in [2.45, 2.75) is 11.5 Å². The van der Waals surface area contributed by atoms with Gasteiger partial charge in [0, 0.05) is 28.2 Å². The number of hydrogen-bond acceptors (Lipinski definition) is 4. The Kier molecular flexibility index (Phi) is 4.88. The van der Waals surface area contributed by atoms with Gasteiger partial charge < -0.3 is 9.26 Å². The SMILES string of the molecule is COc1cccc(C[S@](=O)Cc2cc(-c3ccccc3)no2)c1. The first kappa shape index (κ1) is 15.5. The molecule has 0 radical (unpaired) electrons. The highest BCUT2D eigenvalue weighted by molar-refractivity contribution is 7.83. The van der Waals surface area contributed by atoms with E-state index in [1.165, 1.54) is 0 Å². The molecule has 3 rings (SSSR count). The van der Waals surface area contributed by atoms with E-state index in [0.29, 0.717) is 17.3 Å². The molecule has 3 aromatic rings. The molecule has 1 heterocycles. The molecule has 0 spiro atoms. The number of methoxy groups -OCH3 is 1. The van der Waals surface area contributed by atoms with Crippen LogP contribution in [-0.4, -0.2) is 16.5 Å². The van der Waals surface area contributed by atoms with E-state index in [2.05, 4.69) is 5.16 Å². The molecule has 1 aromatic heterocycles. The maximum Gasteiger partial charge on any atom is 0.149 e. The molecule has 0 aliphatic carbocycles. The van der Waals surface area contributed by atoms with Gasteiger partial charge in [-0.25, -0.2) is 0 Å². The van der Waals surface area contributed by atoms with E-state index < -0.39 is 10.8 Å². The molecule has 0 saturated heterocycles. The molecule has 23 heavy (non-hydrogen) atoms. The molecule has 0 amide bonds. The van der Waals surface area contributed by atoms with Crippen LogP contribution in [0.15, 0.2) is 65.2 Å². The molecule has 118 valence electrons. The Morgan fingerprint density at radius 2 is 1.87 bits per heavy atom. The van der Waals surface area contributed by atoms with Crippen LogP contribution in [0.4, 0.5) is 0 Å². The number of aromatic nitrogens is 1. The quantitative estimate of drug-likeness (QED) is 0.691. The average Bonchev–Trinajstić information content (AvgIpc) is 3.04. The van der Waals surface area contributed by atoms with Crippen molar-refractivity contribution in [1.29, 1.82) is 0 Å². The van der Waals surface area contributed by atoms with Crippen LogP contribution in [0.3, 0.4) is 0 Å². The number of rotatable bonds is 6. The van der Waals surface area contributed by atoms with Crippen molar-refractivity contribution in [2.24, 2.45) is 0 Å². The number of nitrogens with zero attached hydrogens (tertiary/aromatic N) is 1. The van der Waals surface area contributed by atoms with Crippen LogP contribution >= 0.6 is 0 Å². The summed E-state index contributed by atoms with van der Waals surface area (Å²) in [5.41, 5.74) is 2.73. The average molecular weight is 327 g/mol. The molecule has 1 atom stereocenters. The predicted molar refractivity (Wildman–Crippen MR) is 90.5 cm³/mol. The van der Waals surface area contributed by atoms with Gasteiger partial charge in [-0.05, 0) is 17.7 Å². The summed E-state index contributed by atoms with van der Waals surface area (Å²) in [5.74, 6) is 2.20. The van der Waals surface area contributed by atoms with E-state index in [-0.39, 0.29) is 0 Å². The molecular formula is C18H17NO3S. The largest absolute Gasteiger partial charge is 0.497 e. The Bertz CT molecular complexity index is 799. The first-order valence-electron chi connectivity index (χ1n) is 7.23. The summed E-state index contributed by atoms with van der Waals surface area (Å²) in [4.78, 5) is 0. The molecule has 5 heteroatoms. The minimum Gasteiger partial charge on any atom is -0.497 e. The second-order valence-corrected chi connectivity index (χ2v) is 6.58. The smallest absolute Gasteiger partial charge is 0.149 e. The molecule has 0 aliphatic rings. The zero-order valence-electron chi connectivity index (χ0n) is 12.8. The normalized spacial score (nSPS) is 12.0. The number of benzene rings is 2. The molecular weight excluding hydrogens is 310 g/mol. The number of hydrogen-bond donors (Lipinski definition) is 0. The highest BCUT2D eigenvalue weighted by Crippen LogP contribution is 2.20. The lowest BCUT2D eigenvalue weighted by atomic mass is 10.1. The maximum atomic E-state index is 12.3. The Morgan fingerprint density at radius 1 is 1.04 bits per heavy atom. The fourth-order valence-electron chi connectivity index (χ4n) is 2.28. The van der Waals surface area contributed by atoms with Gasteiger partial charge in [0.15, 0.2) is 0 Å². The first-order chi connectivity index (χ1) is 11.2. The lowest BCUT2D eigenvalue weighted by Crippen LogP contribution is -1.99. The Hall–Kier alpha value is -2.40. The van der Waals surface area contributed by atoms with Crippen molar-refractivity contribution in [3.8, 4) is 17.0 Å². The summed E-state index contributed by atoms with van der Waals surface area (Å²) in [6, 6.07) is 19.2. The maximum absolute atomic E-state index is 12.3. The summed E-state index contributed by atoms with van der Waals surface area (Å²) in [7, 11) is 0.556. The minimum absolute atomic E-state index is 0.344. The van der Waals surface area contributed by atoms with Crippen LogP contribution < -0.4 is 4.74 Å². The van der Waals surface area contributed by atoms with Crippen LogP contribution in [-0.2, 0) is 22.3 Å². The molecule has 0 fully saturated rings. The fraction of sp³-hybridized carbons (Fsp3) is 0.167. The van der Waals surface area contributed by atoms with E-state index in [1.807, 2.05) is 60.7 Å². The van der Waals surface area contributed by atoms with Crippen LogP contribution in [0.2, 0.25) is 0 Å². The number of ether oxygens (including phenoxy) is 1. The summed E-state index contributed by atoms with van der Waals surface area (Å²) in [6.45, 7) is 0. The van der Waals surface area contributed by atoms with Crippen molar-refractivity contribution in [3.63, 3.8) is 0 Å². The summed E-state index contributed by atoms with van der Waals surface area (Å²) in [5, 5.41) is 4.04. The Balaban J connectivity index is 1.65. The van der Waals surface area contributed by atoms with E-state index >= 15 is 0 Å². The van der Waals surface area contributed by atoms with Crippen molar-refractivity contribution in [2.75, 3.05) is 7.11 Å². The van der Waals surface area contributed by atoms with Gasteiger partial charge in [-0.2, -0.15) is 0 Å². The second-order valence-electron chi connectivity index (χ2n) is 5.12. The van der Waals surface area contributed by atoms with Crippen LogP contribution in [0.5, 0.6) is 5.75 Å². The highest BCUT2D eigenvalue weighted by atomic mass is 32.2.